The molecule has 0 aliphatic heterocycles. The van der Waals surface area contributed by atoms with Gasteiger partial charge >= 0.3 is 0 Å². The molecule has 0 aliphatic rings. The van der Waals surface area contributed by atoms with Gasteiger partial charge in [0.1, 0.15) is 22.4 Å². The van der Waals surface area contributed by atoms with Crippen LogP contribution in [0.2, 0.25) is 0 Å². The Kier molecular flexibility index (Phi) is 6.90. The Balaban J connectivity index is 1.59. The van der Waals surface area contributed by atoms with Gasteiger partial charge in [-0.05, 0) is 31.2 Å². The van der Waals surface area contributed by atoms with Gasteiger partial charge < -0.3 is 23.7 Å². The van der Waals surface area contributed by atoms with E-state index in [1.807, 2.05) is 24.3 Å². The van der Waals surface area contributed by atoms with Crippen LogP contribution in [0.1, 0.15) is 11.9 Å². The molecule has 1 unspecified atom stereocenters. The number of thiazole rings is 1. The maximum absolute atomic E-state index is 10.8. The van der Waals surface area contributed by atoms with Gasteiger partial charge in [-0.25, -0.2) is 4.98 Å². The Bertz CT molecular complexity index is 1350. The van der Waals surface area contributed by atoms with E-state index in [0.717, 1.165) is 22.0 Å². The molecule has 0 saturated heterocycles. The highest BCUT2D eigenvalue weighted by Gasteiger charge is 2.23. The monoisotopic (exact) mass is 496 g/mol. The summed E-state index contributed by atoms with van der Waals surface area (Å²) < 4.78 is 22.8. The lowest BCUT2D eigenvalue weighted by Gasteiger charge is -2.12. The van der Waals surface area contributed by atoms with Gasteiger partial charge in [0.05, 0.1) is 36.8 Å². The van der Waals surface area contributed by atoms with Crippen LogP contribution in [-0.2, 0) is 0 Å². The Hall–Kier alpha value is -3.75. The maximum Gasteiger partial charge on any atom is 0.277 e. The minimum Gasteiger partial charge on any atom is -0.510 e. The molecular formula is C23H20N4O5S2. The van der Waals surface area contributed by atoms with Crippen LogP contribution in [0.3, 0.4) is 0 Å². The molecule has 0 radical (unpaired) electrons. The predicted molar refractivity (Wildman–Crippen MR) is 129 cm³/mol. The average molecular weight is 497 g/mol. The second-order valence-electron chi connectivity index (χ2n) is 6.91. The highest BCUT2D eigenvalue weighted by Crippen LogP contribution is 2.41. The van der Waals surface area contributed by atoms with Crippen molar-refractivity contribution in [3.8, 4) is 34.8 Å². The third-order valence-electron chi connectivity index (χ3n) is 4.86. The maximum atomic E-state index is 10.8. The largest absolute Gasteiger partial charge is 0.510 e. The minimum atomic E-state index is -0.532. The normalized spacial score (nSPS) is 12.7. The first-order valence-electron chi connectivity index (χ1n) is 9.98. The molecule has 0 amide bonds. The van der Waals surface area contributed by atoms with Crippen LogP contribution < -0.4 is 14.2 Å². The lowest BCUT2D eigenvalue weighted by Crippen LogP contribution is -2.04. The van der Waals surface area contributed by atoms with E-state index in [1.165, 1.54) is 32.7 Å². The number of aliphatic hydroxyl groups is 1. The first-order chi connectivity index (χ1) is 16.5. The van der Waals surface area contributed by atoms with E-state index in [2.05, 4.69) is 21.3 Å². The van der Waals surface area contributed by atoms with Gasteiger partial charge in [0, 0.05) is 5.56 Å². The van der Waals surface area contributed by atoms with E-state index in [1.54, 1.807) is 19.1 Å². The van der Waals surface area contributed by atoms with Gasteiger partial charge in [0.25, 0.3) is 5.22 Å². The van der Waals surface area contributed by atoms with Crippen LogP contribution >= 0.6 is 23.1 Å². The standard InChI is InChI=1S/C23H20N4O5S2/c1-12(19(28)14(11-24)22-25-15-7-5-6-8-18(15)34-22)33-23-27-26-21(32-23)13-9-16(29-2)20(31-4)17(10-13)30-3/h5-10,12,28H,1-4H3/b19-14-. The molecule has 2 aromatic carbocycles. The molecule has 11 heteroatoms. The molecule has 174 valence electrons. The van der Waals surface area contributed by atoms with Crippen molar-refractivity contribution in [1.29, 1.82) is 5.26 Å². The van der Waals surface area contributed by atoms with Crippen LogP contribution in [0.15, 0.2) is 51.8 Å². The zero-order valence-corrected chi connectivity index (χ0v) is 20.4. The average Bonchev–Trinajstić information content (AvgIpc) is 3.50. The molecule has 0 fully saturated rings. The number of rotatable bonds is 8. The Morgan fingerprint density at radius 3 is 2.44 bits per heavy atom. The van der Waals surface area contributed by atoms with Crippen molar-refractivity contribution in [1.82, 2.24) is 15.2 Å². The Morgan fingerprint density at radius 2 is 1.82 bits per heavy atom. The third kappa shape index (κ3) is 4.50. The van der Waals surface area contributed by atoms with E-state index in [4.69, 9.17) is 18.6 Å². The number of allylic oxidation sites excluding steroid dienone is 1. The fourth-order valence-corrected chi connectivity index (χ4v) is 4.90. The van der Waals surface area contributed by atoms with Crippen molar-refractivity contribution in [2.24, 2.45) is 0 Å². The lowest BCUT2D eigenvalue weighted by atomic mass is 10.2. The van der Waals surface area contributed by atoms with E-state index in [-0.39, 0.29) is 22.4 Å². The van der Waals surface area contributed by atoms with Gasteiger partial charge in [-0.3, -0.25) is 0 Å². The summed E-state index contributed by atoms with van der Waals surface area (Å²) in [5.41, 5.74) is 1.47. The summed E-state index contributed by atoms with van der Waals surface area (Å²) >= 11 is 2.48. The smallest absolute Gasteiger partial charge is 0.277 e. The number of thioether (sulfide) groups is 1. The Labute approximate surface area is 203 Å². The van der Waals surface area contributed by atoms with Gasteiger partial charge in [-0.1, -0.05) is 23.9 Å². The molecule has 2 aromatic heterocycles. The van der Waals surface area contributed by atoms with Gasteiger partial charge in [0.2, 0.25) is 11.6 Å². The van der Waals surface area contributed by atoms with Crippen LogP contribution in [-0.4, -0.2) is 46.9 Å². The summed E-state index contributed by atoms with van der Waals surface area (Å²) in [6.45, 7) is 1.74. The molecule has 0 spiro atoms. The van der Waals surface area contributed by atoms with Crippen molar-refractivity contribution in [3.05, 3.63) is 47.2 Å². The van der Waals surface area contributed by atoms with Gasteiger partial charge in [-0.15, -0.1) is 21.5 Å². The second kappa shape index (κ2) is 10.0. The Morgan fingerprint density at radius 1 is 1.12 bits per heavy atom. The number of hydrogen-bond donors (Lipinski definition) is 1. The molecular weight excluding hydrogens is 476 g/mol. The quantitative estimate of drug-likeness (QED) is 0.194. The summed E-state index contributed by atoms with van der Waals surface area (Å²) in [4.78, 5) is 4.47. The van der Waals surface area contributed by atoms with Crippen LogP contribution in [0.4, 0.5) is 0 Å². The number of hydrogen-bond acceptors (Lipinski definition) is 11. The molecule has 2 heterocycles. The molecule has 0 saturated carbocycles. The lowest BCUT2D eigenvalue weighted by molar-refractivity contribution is 0.324. The summed E-state index contributed by atoms with van der Waals surface area (Å²) in [6.07, 6.45) is 0. The molecule has 9 nitrogen and oxygen atoms in total. The number of aliphatic hydroxyl groups excluding tert-OH is 1. The number of nitriles is 1. The zero-order valence-electron chi connectivity index (χ0n) is 18.7. The number of methoxy groups -OCH3 is 3. The van der Waals surface area contributed by atoms with Crippen LogP contribution in [0, 0.1) is 11.3 Å². The van der Waals surface area contributed by atoms with Crippen molar-refractivity contribution >= 4 is 38.9 Å². The molecule has 4 aromatic rings. The van der Waals surface area contributed by atoms with Crippen molar-refractivity contribution < 1.29 is 23.7 Å². The summed E-state index contributed by atoms with van der Waals surface area (Å²) in [7, 11) is 4.56. The highest BCUT2D eigenvalue weighted by atomic mass is 32.2. The highest BCUT2D eigenvalue weighted by molar-refractivity contribution is 7.99. The molecule has 4 rings (SSSR count). The fraction of sp³-hybridized carbons (Fsp3) is 0.217. The number of aromatic nitrogens is 3. The fourth-order valence-electron chi connectivity index (χ4n) is 3.18. The van der Waals surface area contributed by atoms with E-state index in [9.17, 15) is 10.4 Å². The van der Waals surface area contributed by atoms with Crippen LogP contribution in [0.25, 0.3) is 27.2 Å². The van der Waals surface area contributed by atoms with Gasteiger partial charge in [-0.2, -0.15) is 5.26 Å². The number of ether oxygens (including phenoxy) is 3. The first kappa shape index (κ1) is 23.4. The number of nitrogens with zero attached hydrogens (tertiary/aromatic N) is 4. The van der Waals surface area contributed by atoms with Crippen molar-refractivity contribution in [3.63, 3.8) is 0 Å². The minimum absolute atomic E-state index is 0.112. The second-order valence-corrected chi connectivity index (χ2v) is 9.23. The predicted octanol–water partition coefficient (Wildman–Crippen LogP) is 5.35. The van der Waals surface area contributed by atoms with Crippen LogP contribution in [0.5, 0.6) is 17.2 Å². The van der Waals surface area contributed by atoms with E-state index in [0.29, 0.717) is 27.8 Å². The van der Waals surface area contributed by atoms with Gasteiger partial charge in [0.15, 0.2) is 11.5 Å². The van der Waals surface area contributed by atoms with Crippen molar-refractivity contribution in [2.45, 2.75) is 17.4 Å². The molecule has 0 bridgehead atoms. The van der Waals surface area contributed by atoms with E-state index < -0.39 is 5.25 Å². The molecule has 1 atom stereocenters. The summed E-state index contributed by atoms with van der Waals surface area (Å²) in [5.74, 6) is 1.48. The molecule has 1 N–H and O–H groups in total. The number of fused-ring (bicyclic) bond motifs is 1. The van der Waals surface area contributed by atoms with E-state index >= 15 is 0 Å². The number of benzene rings is 2. The molecule has 34 heavy (non-hydrogen) atoms. The zero-order chi connectivity index (χ0) is 24.2. The topological polar surface area (TPSA) is 124 Å². The summed E-state index contributed by atoms with van der Waals surface area (Å²) in [6, 6.07) is 13.0. The SMILES string of the molecule is COc1cc(-c2nnc(SC(C)/C(O)=C(\C#N)c3nc4ccccc4s3)o2)cc(OC)c1OC. The molecule has 0 aliphatic carbocycles. The summed E-state index contributed by atoms with van der Waals surface area (Å²) in [5, 5.41) is 28.8. The first-order valence-corrected chi connectivity index (χ1v) is 11.7. The van der Waals surface area contributed by atoms with Crippen molar-refractivity contribution in [2.75, 3.05) is 21.3 Å². The third-order valence-corrected chi connectivity index (χ3v) is 6.85. The number of para-hydroxylation sites is 1.